The lowest BCUT2D eigenvalue weighted by Crippen LogP contribution is -2.42. The maximum absolute atomic E-state index is 12.2. The van der Waals surface area contributed by atoms with E-state index in [-0.39, 0.29) is 41.2 Å². The van der Waals surface area contributed by atoms with Crippen LogP contribution in [0.15, 0.2) is 24.3 Å². The van der Waals surface area contributed by atoms with Crippen molar-refractivity contribution in [1.29, 1.82) is 0 Å². The van der Waals surface area contributed by atoms with Gasteiger partial charge >= 0.3 is 6.09 Å². The Labute approximate surface area is 185 Å². The molecule has 0 bridgehead atoms. The molecule has 10 heteroatoms. The van der Waals surface area contributed by atoms with Crippen LogP contribution in [-0.4, -0.2) is 51.8 Å². The average molecular weight is 444 g/mol. The minimum Gasteiger partial charge on any atom is -0.507 e. The summed E-state index contributed by atoms with van der Waals surface area (Å²) in [5, 5.41) is 22.1. The second-order valence-corrected chi connectivity index (χ2v) is 8.76. The average Bonchev–Trinajstić information content (AvgIpc) is 3.34. The Morgan fingerprint density at radius 2 is 2.09 bits per heavy atom. The van der Waals surface area contributed by atoms with E-state index in [1.807, 2.05) is 20.8 Å². The number of aromatic nitrogens is 2. The lowest BCUT2D eigenvalue weighted by molar-refractivity contribution is -0.118. The van der Waals surface area contributed by atoms with Gasteiger partial charge in [-0.15, -0.1) is 0 Å². The number of phenolic OH excluding ortho intramolecular Hbond substituents is 1. The number of carbonyl (C=O) groups excluding carboxylic acids is 3. The van der Waals surface area contributed by atoms with Gasteiger partial charge in [0.15, 0.2) is 18.7 Å². The SMILES string of the molecule is CC(C)(C)NC(=O)O[C@@H]1CC[C@H](c2cc(NC(=O)COc3cccc(O)c3C=O)n[nH]2)C1. The van der Waals surface area contributed by atoms with Crippen LogP contribution in [0, 0.1) is 0 Å². The van der Waals surface area contributed by atoms with Gasteiger partial charge in [-0.2, -0.15) is 5.10 Å². The fourth-order valence-electron chi connectivity index (χ4n) is 3.53. The summed E-state index contributed by atoms with van der Waals surface area (Å²) in [4.78, 5) is 35.2. The quantitative estimate of drug-likeness (QED) is 0.481. The summed E-state index contributed by atoms with van der Waals surface area (Å²) in [6, 6.07) is 6.10. The molecule has 4 N–H and O–H groups in total. The van der Waals surface area contributed by atoms with Crippen molar-refractivity contribution in [2.24, 2.45) is 0 Å². The van der Waals surface area contributed by atoms with Crippen molar-refractivity contribution in [3.63, 3.8) is 0 Å². The van der Waals surface area contributed by atoms with Crippen molar-refractivity contribution in [3.8, 4) is 11.5 Å². The van der Waals surface area contributed by atoms with E-state index in [1.165, 1.54) is 18.2 Å². The number of alkyl carbamates (subject to hydrolysis) is 1. The molecule has 1 heterocycles. The number of nitrogens with one attached hydrogen (secondary N) is 3. The van der Waals surface area contributed by atoms with E-state index in [1.54, 1.807) is 6.07 Å². The third kappa shape index (κ3) is 6.22. The van der Waals surface area contributed by atoms with Crippen molar-refractivity contribution in [3.05, 3.63) is 35.5 Å². The molecular formula is C22H28N4O6. The minimum atomic E-state index is -0.463. The molecule has 0 radical (unpaired) electrons. The number of aromatic hydroxyl groups is 1. The van der Waals surface area contributed by atoms with Crippen LogP contribution in [0.2, 0.25) is 0 Å². The number of aromatic amines is 1. The van der Waals surface area contributed by atoms with Crippen LogP contribution in [0.4, 0.5) is 10.6 Å². The van der Waals surface area contributed by atoms with Crippen molar-refractivity contribution in [2.45, 2.75) is 57.6 Å². The Hall–Kier alpha value is -3.56. The molecular weight excluding hydrogens is 416 g/mol. The van der Waals surface area contributed by atoms with Gasteiger partial charge in [-0.05, 0) is 52.2 Å². The number of phenols is 1. The number of ether oxygens (including phenoxy) is 2. The number of hydrogen-bond acceptors (Lipinski definition) is 7. The normalized spacial score (nSPS) is 18.1. The molecule has 1 aliphatic rings. The first kappa shape index (κ1) is 23.1. The largest absolute Gasteiger partial charge is 0.507 e. The number of carbonyl (C=O) groups is 3. The zero-order chi connectivity index (χ0) is 23.3. The number of anilines is 1. The number of nitrogens with zero attached hydrogens (tertiary/aromatic N) is 1. The maximum atomic E-state index is 12.2. The van der Waals surface area contributed by atoms with E-state index in [0.29, 0.717) is 18.5 Å². The molecule has 1 aromatic heterocycles. The molecule has 1 fully saturated rings. The predicted octanol–water partition coefficient (Wildman–Crippen LogP) is 3.11. The van der Waals surface area contributed by atoms with E-state index in [2.05, 4.69) is 20.8 Å². The fraction of sp³-hybridized carbons (Fsp3) is 0.455. The Morgan fingerprint density at radius 3 is 2.81 bits per heavy atom. The Balaban J connectivity index is 1.49. The number of benzene rings is 1. The zero-order valence-electron chi connectivity index (χ0n) is 18.3. The number of hydrogen-bond donors (Lipinski definition) is 4. The van der Waals surface area contributed by atoms with Crippen LogP contribution in [0.5, 0.6) is 11.5 Å². The van der Waals surface area contributed by atoms with Gasteiger partial charge in [-0.3, -0.25) is 14.7 Å². The Morgan fingerprint density at radius 1 is 1.31 bits per heavy atom. The van der Waals surface area contributed by atoms with E-state index in [0.717, 1.165) is 18.5 Å². The van der Waals surface area contributed by atoms with Crippen molar-refractivity contribution in [2.75, 3.05) is 11.9 Å². The highest BCUT2D eigenvalue weighted by atomic mass is 16.6. The van der Waals surface area contributed by atoms with Crippen LogP contribution < -0.4 is 15.4 Å². The Kier molecular flexibility index (Phi) is 7.01. The highest BCUT2D eigenvalue weighted by Crippen LogP contribution is 2.36. The third-order valence-corrected chi connectivity index (χ3v) is 4.96. The molecule has 0 aliphatic heterocycles. The summed E-state index contributed by atoms with van der Waals surface area (Å²) in [6.07, 6.45) is 2.12. The second-order valence-electron chi connectivity index (χ2n) is 8.76. The first-order valence-corrected chi connectivity index (χ1v) is 10.4. The van der Waals surface area contributed by atoms with Gasteiger partial charge in [0.2, 0.25) is 0 Å². The van der Waals surface area contributed by atoms with E-state index in [9.17, 15) is 19.5 Å². The maximum Gasteiger partial charge on any atom is 0.407 e. The van der Waals surface area contributed by atoms with Gasteiger partial charge < -0.3 is 25.2 Å². The molecule has 0 saturated heterocycles. The molecule has 1 aliphatic carbocycles. The van der Waals surface area contributed by atoms with Crippen LogP contribution in [-0.2, 0) is 9.53 Å². The van der Waals surface area contributed by atoms with Crippen LogP contribution in [0.3, 0.4) is 0 Å². The summed E-state index contributed by atoms with van der Waals surface area (Å²) in [7, 11) is 0. The number of H-pyrrole nitrogens is 1. The predicted molar refractivity (Wildman–Crippen MR) is 116 cm³/mol. The molecule has 0 unspecified atom stereocenters. The highest BCUT2D eigenvalue weighted by Gasteiger charge is 2.30. The van der Waals surface area contributed by atoms with Gasteiger partial charge in [-0.1, -0.05) is 6.07 Å². The van der Waals surface area contributed by atoms with Crippen molar-refractivity contribution >= 4 is 24.1 Å². The first-order chi connectivity index (χ1) is 15.1. The molecule has 1 saturated carbocycles. The summed E-state index contributed by atoms with van der Waals surface area (Å²) in [6.45, 7) is 5.32. The smallest absolute Gasteiger partial charge is 0.407 e. The van der Waals surface area contributed by atoms with E-state index >= 15 is 0 Å². The minimum absolute atomic E-state index is 0.0171. The zero-order valence-corrected chi connectivity index (χ0v) is 18.3. The third-order valence-electron chi connectivity index (χ3n) is 4.96. The Bertz CT molecular complexity index is 981. The standard InChI is InChI=1S/C22H28N4O6/c1-22(2,3)24-21(30)32-14-8-7-13(9-14)16-10-19(26-25-16)23-20(29)12-31-18-6-4-5-17(28)15(18)11-27/h4-6,10-11,13-14,28H,7-9,12H2,1-3H3,(H,24,30)(H2,23,25,26,29)/t13-,14+/m0/s1. The molecule has 0 spiro atoms. The van der Waals surface area contributed by atoms with Crippen molar-refractivity contribution < 1.29 is 29.0 Å². The first-order valence-electron chi connectivity index (χ1n) is 10.4. The molecule has 32 heavy (non-hydrogen) atoms. The van der Waals surface area contributed by atoms with E-state index in [4.69, 9.17) is 9.47 Å². The van der Waals surface area contributed by atoms with Crippen LogP contribution in [0.25, 0.3) is 0 Å². The lowest BCUT2D eigenvalue weighted by atomic mass is 10.0. The summed E-state index contributed by atoms with van der Waals surface area (Å²) in [5.41, 5.74) is 0.474. The van der Waals surface area contributed by atoms with Gasteiger partial charge in [0, 0.05) is 23.2 Å². The monoisotopic (exact) mass is 444 g/mol. The molecule has 2 atom stereocenters. The van der Waals surface area contributed by atoms with Crippen LogP contribution in [0.1, 0.15) is 62.0 Å². The topological polar surface area (TPSA) is 143 Å². The molecule has 172 valence electrons. The lowest BCUT2D eigenvalue weighted by Gasteiger charge is -2.22. The van der Waals surface area contributed by atoms with Gasteiger partial charge in [-0.25, -0.2) is 4.79 Å². The molecule has 1 aromatic carbocycles. The van der Waals surface area contributed by atoms with Gasteiger partial charge in [0.1, 0.15) is 17.6 Å². The number of amides is 2. The van der Waals surface area contributed by atoms with E-state index < -0.39 is 12.0 Å². The molecule has 2 amide bonds. The second kappa shape index (κ2) is 9.71. The number of rotatable bonds is 7. The van der Waals surface area contributed by atoms with Crippen LogP contribution >= 0.6 is 0 Å². The molecule has 2 aromatic rings. The highest BCUT2D eigenvalue weighted by molar-refractivity contribution is 5.91. The van der Waals surface area contributed by atoms with Crippen molar-refractivity contribution in [1.82, 2.24) is 15.5 Å². The summed E-state index contributed by atoms with van der Waals surface area (Å²) >= 11 is 0. The fourth-order valence-corrected chi connectivity index (χ4v) is 3.53. The summed E-state index contributed by atoms with van der Waals surface area (Å²) in [5.74, 6) is -0.0843. The molecule has 3 rings (SSSR count). The summed E-state index contributed by atoms with van der Waals surface area (Å²) < 4.78 is 10.8. The van der Waals surface area contributed by atoms with Gasteiger partial charge in [0.25, 0.3) is 5.91 Å². The van der Waals surface area contributed by atoms with Gasteiger partial charge in [0.05, 0.1) is 5.56 Å². The number of aldehydes is 1. The molecule has 10 nitrogen and oxygen atoms in total.